The highest BCUT2D eigenvalue weighted by Gasteiger charge is 2.37. The Bertz CT molecular complexity index is 1430. The van der Waals surface area contributed by atoms with Gasteiger partial charge in [0.15, 0.2) is 0 Å². The van der Waals surface area contributed by atoms with Crippen molar-refractivity contribution in [1.82, 2.24) is 21.3 Å². The van der Waals surface area contributed by atoms with Gasteiger partial charge in [0.2, 0.25) is 18.2 Å². The SMILES string of the molecule is Cc1csc2ccccc12.NC1(C(=O)N[C@H](Cc2ccc3ccccc3c2)C(=O)NCNC=O)CCNCC1. The quantitative estimate of drug-likeness (QED) is 0.132. The largest absolute Gasteiger partial charge is 0.342 e. The van der Waals surface area contributed by atoms with Crippen molar-refractivity contribution in [1.29, 1.82) is 0 Å². The third kappa shape index (κ3) is 7.41. The summed E-state index contributed by atoms with van der Waals surface area (Å²) in [5, 5.41) is 16.8. The molecule has 6 N–H and O–H groups in total. The van der Waals surface area contributed by atoms with Crippen LogP contribution in [-0.4, -0.2) is 49.6 Å². The van der Waals surface area contributed by atoms with Crippen LogP contribution in [0.25, 0.3) is 20.9 Å². The zero-order valence-corrected chi connectivity index (χ0v) is 22.9. The Morgan fingerprint density at radius 1 is 1.05 bits per heavy atom. The molecule has 1 aliphatic heterocycles. The van der Waals surface area contributed by atoms with Crippen LogP contribution >= 0.6 is 11.3 Å². The van der Waals surface area contributed by atoms with E-state index < -0.39 is 11.6 Å². The zero-order valence-electron chi connectivity index (χ0n) is 22.0. The average Bonchev–Trinajstić information content (AvgIpc) is 3.34. The molecule has 0 spiro atoms. The van der Waals surface area contributed by atoms with E-state index in [0.29, 0.717) is 38.8 Å². The molecule has 3 aromatic carbocycles. The summed E-state index contributed by atoms with van der Waals surface area (Å²) in [4.78, 5) is 36.0. The number of hydrogen-bond acceptors (Lipinski definition) is 6. The minimum absolute atomic E-state index is 0.00981. The summed E-state index contributed by atoms with van der Waals surface area (Å²) in [5.41, 5.74) is 7.62. The maximum Gasteiger partial charge on any atom is 0.244 e. The molecule has 3 amide bonds. The molecule has 204 valence electrons. The maximum atomic E-state index is 12.9. The number of nitrogens with one attached hydrogen (secondary N) is 4. The van der Waals surface area contributed by atoms with Gasteiger partial charge in [0, 0.05) is 11.1 Å². The molecular weight excluding hydrogens is 510 g/mol. The van der Waals surface area contributed by atoms with Crippen molar-refractivity contribution >= 4 is 50.4 Å². The minimum atomic E-state index is -0.992. The fourth-order valence-electron chi connectivity index (χ4n) is 4.63. The van der Waals surface area contributed by atoms with Gasteiger partial charge in [-0.1, -0.05) is 60.7 Å². The van der Waals surface area contributed by atoms with Crippen LogP contribution in [0.2, 0.25) is 0 Å². The Balaban J connectivity index is 0.000000292. The Morgan fingerprint density at radius 2 is 1.77 bits per heavy atom. The summed E-state index contributed by atoms with van der Waals surface area (Å²) < 4.78 is 1.39. The molecular formula is C30H35N5O3S. The first-order valence-electron chi connectivity index (χ1n) is 13.1. The van der Waals surface area contributed by atoms with E-state index in [1.807, 2.05) is 53.8 Å². The molecule has 5 rings (SSSR count). The van der Waals surface area contributed by atoms with Gasteiger partial charge >= 0.3 is 0 Å². The van der Waals surface area contributed by atoms with Crippen LogP contribution in [0.15, 0.2) is 72.1 Å². The number of aryl methyl sites for hydroxylation is 1. The second-order valence-electron chi connectivity index (χ2n) is 9.77. The van der Waals surface area contributed by atoms with Gasteiger partial charge in [-0.25, -0.2) is 0 Å². The number of rotatable bonds is 8. The molecule has 1 aromatic heterocycles. The molecule has 1 saturated heterocycles. The smallest absolute Gasteiger partial charge is 0.244 e. The number of hydrogen-bond donors (Lipinski definition) is 5. The number of fused-ring (bicyclic) bond motifs is 2. The molecule has 1 fully saturated rings. The highest BCUT2D eigenvalue weighted by atomic mass is 32.1. The summed E-state index contributed by atoms with van der Waals surface area (Å²) in [6.07, 6.45) is 1.84. The first kappa shape index (κ1) is 28.2. The van der Waals surface area contributed by atoms with Crippen LogP contribution in [0.3, 0.4) is 0 Å². The number of nitrogens with two attached hydrogens (primary N) is 1. The van der Waals surface area contributed by atoms with Gasteiger partial charge in [-0.15, -0.1) is 11.3 Å². The minimum Gasteiger partial charge on any atom is -0.342 e. The lowest BCUT2D eigenvalue weighted by Crippen LogP contribution is -2.62. The van der Waals surface area contributed by atoms with Gasteiger partial charge in [-0.3, -0.25) is 14.4 Å². The standard InChI is InChI=1S/C21H27N5O3.C9H8S/c22-21(7-9-23-10-8-21)20(29)26-18(19(28)25-13-24-14-27)12-15-5-6-16-3-1-2-4-17(16)11-15;1-7-6-10-9-5-3-2-4-8(7)9/h1-6,11,14,18,23H,7-10,12-13,22H2,(H,24,27)(H,25,28)(H,26,29);2-6H,1H3/t18-;/m1./s1. The molecule has 39 heavy (non-hydrogen) atoms. The van der Waals surface area contributed by atoms with E-state index in [2.05, 4.69) is 57.8 Å². The van der Waals surface area contributed by atoms with Crippen molar-refractivity contribution in [3.05, 3.63) is 83.2 Å². The van der Waals surface area contributed by atoms with E-state index in [-0.39, 0.29) is 18.5 Å². The summed E-state index contributed by atoms with van der Waals surface area (Å²) in [6, 6.07) is 21.6. The predicted molar refractivity (Wildman–Crippen MR) is 157 cm³/mol. The highest BCUT2D eigenvalue weighted by Crippen LogP contribution is 2.24. The van der Waals surface area contributed by atoms with E-state index in [1.165, 1.54) is 15.6 Å². The second-order valence-corrected chi connectivity index (χ2v) is 10.7. The first-order valence-corrected chi connectivity index (χ1v) is 13.9. The fourth-order valence-corrected chi connectivity index (χ4v) is 5.57. The first-order chi connectivity index (χ1) is 18.9. The van der Waals surface area contributed by atoms with E-state index in [4.69, 9.17) is 5.73 Å². The van der Waals surface area contributed by atoms with E-state index in [9.17, 15) is 14.4 Å². The number of benzene rings is 3. The average molecular weight is 546 g/mol. The van der Waals surface area contributed by atoms with E-state index in [1.54, 1.807) is 0 Å². The fraction of sp³-hybridized carbons (Fsp3) is 0.300. The molecule has 1 aliphatic rings. The van der Waals surface area contributed by atoms with Crippen LogP contribution in [0, 0.1) is 6.92 Å². The molecule has 4 aromatic rings. The third-order valence-corrected chi connectivity index (χ3v) is 8.03. The molecule has 1 atom stereocenters. The molecule has 0 bridgehead atoms. The van der Waals surface area contributed by atoms with Gasteiger partial charge in [0.05, 0.1) is 12.2 Å². The van der Waals surface area contributed by atoms with Gasteiger partial charge in [-0.2, -0.15) is 0 Å². The van der Waals surface area contributed by atoms with Crippen molar-refractivity contribution in [2.75, 3.05) is 19.8 Å². The lowest BCUT2D eigenvalue weighted by atomic mass is 9.88. The molecule has 8 nitrogen and oxygen atoms in total. The van der Waals surface area contributed by atoms with Crippen LogP contribution in [-0.2, 0) is 20.8 Å². The van der Waals surface area contributed by atoms with Crippen molar-refractivity contribution in [2.45, 2.75) is 37.8 Å². The normalized spacial score (nSPS) is 15.0. The summed E-state index contributed by atoms with van der Waals surface area (Å²) >= 11 is 1.81. The Kier molecular flexibility index (Phi) is 9.64. The molecule has 0 unspecified atom stereocenters. The number of carbonyl (C=O) groups excluding carboxylic acids is 3. The second kappa shape index (κ2) is 13.3. The molecule has 0 saturated carbocycles. The molecule has 0 radical (unpaired) electrons. The van der Waals surface area contributed by atoms with Gasteiger partial charge in [-0.05, 0) is 71.6 Å². The number of carbonyl (C=O) groups is 3. The van der Waals surface area contributed by atoms with Crippen LogP contribution in [0.4, 0.5) is 0 Å². The topological polar surface area (TPSA) is 125 Å². The van der Waals surface area contributed by atoms with Crippen molar-refractivity contribution in [2.24, 2.45) is 5.73 Å². The van der Waals surface area contributed by atoms with Crippen molar-refractivity contribution in [3.63, 3.8) is 0 Å². The summed E-state index contributed by atoms with van der Waals surface area (Å²) in [7, 11) is 0. The van der Waals surface area contributed by atoms with E-state index in [0.717, 1.165) is 16.3 Å². The van der Waals surface area contributed by atoms with Crippen LogP contribution in [0.1, 0.15) is 24.0 Å². The summed E-state index contributed by atoms with van der Waals surface area (Å²) in [6.45, 7) is 3.46. The van der Waals surface area contributed by atoms with Crippen molar-refractivity contribution in [3.8, 4) is 0 Å². The van der Waals surface area contributed by atoms with Crippen LogP contribution < -0.4 is 27.0 Å². The zero-order chi connectivity index (χ0) is 27.7. The molecule has 0 aliphatic carbocycles. The third-order valence-electron chi connectivity index (χ3n) is 6.95. The van der Waals surface area contributed by atoms with E-state index >= 15 is 0 Å². The Morgan fingerprint density at radius 3 is 2.51 bits per heavy atom. The Hall–Kier alpha value is -3.79. The monoisotopic (exact) mass is 545 g/mol. The number of piperidine rings is 1. The van der Waals surface area contributed by atoms with Crippen LogP contribution in [0.5, 0.6) is 0 Å². The lowest BCUT2D eigenvalue weighted by molar-refractivity contribution is -0.132. The molecule has 9 heteroatoms. The maximum absolute atomic E-state index is 12.9. The molecule has 2 heterocycles. The van der Waals surface area contributed by atoms with Gasteiger partial charge in [0.25, 0.3) is 0 Å². The predicted octanol–water partition coefficient (Wildman–Crippen LogP) is 2.98. The Labute approximate surface area is 232 Å². The van der Waals surface area contributed by atoms with Gasteiger partial charge in [0.1, 0.15) is 6.04 Å². The number of amides is 3. The summed E-state index contributed by atoms with van der Waals surface area (Å²) in [5.74, 6) is -0.707. The lowest BCUT2D eigenvalue weighted by Gasteiger charge is -2.33. The highest BCUT2D eigenvalue weighted by molar-refractivity contribution is 7.17. The van der Waals surface area contributed by atoms with Gasteiger partial charge < -0.3 is 27.0 Å². The van der Waals surface area contributed by atoms with Crippen molar-refractivity contribution < 1.29 is 14.4 Å². The number of thiophene rings is 1.